The van der Waals surface area contributed by atoms with E-state index in [0.717, 1.165) is 29.2 Å². The summed E-state index contributed by atoms with van der Waals surface area (Å²) in [5.74, 6) is 2.70. The molecular formula is C16H19ClO3. The molecule has 0 bridgehead atoms. The molecule has 108 valence electrons. The lowest BCUT2D eigenvalue weighted by Gasteiger charge is -2.17. The van der Waals surface area contributed by atoms with Crippen LogP contribution >= 0.6 is 11.6 Å². The number of hydrogen-bond acceptors (Lipinski definition) is 3. The molecule has 3 nitrogen and oxygen atoms in total. The van der Waals surface area contributed by atoms with Gasteiger partial charge < -0.3 is 14.2 Å². The number of halogens is 1. The van der Waals surface area contributed by atoms with Crippen LogP contribution in [0.2, 0.25) is 0 Å². The molecule has 1 aromatic rings. The molecule has 0 amide bonds. The fraction of sp³-hybridized carbons (Fsp3) is 0.375. The van der Waals surface area contributed by atoms with Gasteiger partial charge in [-0.1, -0.05) is 24.6 Å². The van der Waals surface area contributed by atoms with Crippen molar-refractivity contribution in [2.24, 2.45) is 5.92 Å². The minimum absolute atomic E-state index is 0.428. The summed E-state index contributed by atoms with van der Waals surface area (Å²) in [4.78, 5) is 0. The number of benzene rings is 1. The maximum atomic E-state index is 6.18. The van der Waals surface area contributed by atoms with E-state index in [2.05, 4.69) is 6.92 Å². The standard InChI is InChI=1S/C16H19ClO3/c1-11-4-5-16(15(17)6-11)20-10-12-7-13(18-2)9-14(8-12)19-3/h5-9,11H,4,10H2,1-3H3. The average Bonchev–Trinajstić information content (AvgIpc) is 2.46. The zero-order valence-corrected chi connectivity index (χ0v) is 12.7. The molecule has 0 aromatic heterocycles. The number of allylic oxidation sites excluding steroid dienone is 3. The van der Waals surface area contributed by atoms with Gasteiger partial charge in [-0.2, -0.15) is 0 Å². The Kier molecular flexibility index (Phi) is 4.96. The zero-order chi connectivity index (χ0) is 14.5. The summed E-state index contributed by atoms with van der Waals surface area (Å²) in [6.45, 7) is 2.56. The molecule has 0 radical (unpaired) electrons. The van der Waals surface area contributed by atoms with Crippen molar-refractivity contribution in [3.63, 3.8) is 0 Å². The monoisotopic (exact) mass is 294 g/mol. The summed E-state index contributed by atoms with van der Waals surface area (Å²) in [5.41, 5.74) is 0.977. The van der Waals surface area contributed by atoms with Gasteiger partial charge in [0, 0.05) is 6.07 Å². The minimum atomic E-state index is 0.428. The third kappa shape index (κ3) is 3.70. The van der Waals surface area contributed by atoms with Crippen LogP contribution in [0.1, 0.15) is 18.9 Å². The Morgan fingerprint density at radius 3 is 2.35 bits per heavy atom. The first-order valence-corrected chi connectivity index (χ1v) is 6.92. The lowest BCUT2D eigenvalue weighted by atomic mass is 10.0. The molecule has 0 spiro atoms. The van der Waals surface area contributed by atoms with E-state index in [1.54, 1.807) is 14.2 Å². The molecule has 0 aliphatic heterocycles. The number of ether oxygens (including phenoxy) is 3. The highest BCUT2D eigenvalue weighted by molar-refractivity contribution is 6.31. The summed E-state index contributed by atoms with van der Waals surface area (Å²) in [5, 5.41) is 0.679. The van der Waals surface area contributed by atoms with Gasteiger partial charge in [0.05, 0.1) is 19.3 Å². The smallest absolute Gasteiger partial charge is 0.134 e. The van der Waals surface area contributed by atoms with E-state index < -0.39 is 0 Å². The summed E-state index contributed by atoms with van der Waals surface area (Å²) in [6.07, 6.45) is 5.00. The molecule has 0 saturated carbocycles. The van der Waals surface area contributed by atoms with Gasteiger partial charge in [-0.15, -0.1) is 0 Å². The van der Waals surface area contributed by atoms with Gasteiger partial charge >= 0.3 is 0 Å². The number of methoxy groups -OCH3 is 2. The average molecular weight is 295 g/mol. The minimum Gasteiger partial charge on any atom is -0.497 e. The molecule has 0 fully saturated rings. The fourth-order valence-corrected chi connectivity index (χ4v) is 2.38. The van der Waals surface area contributed by atoms with Crippen molar-refractivity contribution in [1.29, 1.82) is 0 Å². The highest BCUT2D eigenvalue weighted by Crippen LogP contribution is 2.28. The van der Waals surface area contributed by atoms with Crippen molar-refractivity contribution in [3.05, 3.63) is 46.7 Å². The SMILES string of the molecule is COc1cc(COC2=CCC(C)C=C2Cl)cc(OC)c1. The van der Waals surface area contributed by atoms with Gasteiger partial charge in [-0.05, 0) is 36.1 Å². The van der Waals surface area contributed by atoms with Crippen LogP contribution in [0.5, 0.6) is 11.5 Å². The van der Waals surface area contributed by atoms with E-state index in [0.29, 0.717) is 17.6 Å². The zero-order valence-electron chi connectivity index (χ0n) is 12.0. The second kappa shape index (κ2) is 6.71. The van der Waals surface area contributed by atoms with E-state index in [1.807, 2.05) is 30.4 Å². The van der Waals surface area contributed by atoms with E-state index in [1.165, 1.54) is 0 Å². The highest BCUT2D eigenvalue weighted by Gasteiger charge is 2.12. The summed E-state index contributed by atoms with van der Waals surface area (Å²) >= 11 is 6.18. The van der Waals surface area contributed by atoms with E-state index >= 15 is 0 Å². The van der Waals surface area contributed by atoms with Crippen molar-refractivity contribution < 1.29 is 14.2 Å². The third-order valence-corrected chi connectivity index (χ3v) is 3.46. The van der Waals surface area contributed by atoms with Crippen LogP contribution in [0.25, 0.3) is 0 Å². The Morgan fingerprint density at radius 1 is 1.15 bits per heavy atom. The van der Waals surface area contributed by atoms with Crippen LogP contribution in [0.4, 0.5) is 0 Å². The van der Waals surface area contributed by atoms with Crippen LogP contribution in [0.15, 0.2) is 41.1 Å². The second-order valence-electron chi connectivity index (χ2n) is 4.81. The summed E-state index contributed by atoms with van der Waals surface area (Å²) in [6, 6.07) is 5.68. The van der Waals surface area contributed by atoms with Gasteiger partial charge in [0.15, 0.2) is 0 Å². The van der Waals surface area contributed by atoms with Crippen molar-refractivity contribution in [1.82, 2.24) is 0 Å². The van der Waals surface area contributed by atoms with Crippen LogP contribution in [0, 0.1) is 5.92 Å². The van der Waals surface area contributed by atoms with Crippen molar-refractivity contribution in [2.75, 3.05) is 14.2 Å². The molecule has 1 aliphatic carbocycles. The number of rotatable bonds is 5. The van der Waals surface area contributed by atoms with Crippen molar-refractivity contribution in [3.8, 4) is 11.5 Å². The third-order valence-electron chi connectivity index (χ3n) is 3.15. The topological polar surface area (TPSA) is 27.7 Å². The first-order valence-electron chi connectivity index (χ1n) is 6.55. The fourth-order valence-electron chi connectivity index (χ4n) is 2.03. The molecule has 1 unspecified atom stereocenters. The Balaban J connectivity index is 2.06. The Bertz CT molecular complexity index is 512. The quantitative estimate of drug-likeness (QED) is 0.812. The molecule has 1 aliphatic rings. The first-order chi connectivity index (χ1) is 9.62. The van der Waals surface area contributed by atoms with E-state index in [4.69, 9.17) is 25.8 Å². The summed E-state index contributed by atoms with van der Waals surface area (Å²) < 4.78 is 16.3. The van der Waals surface area contributed by atoms with E-state index in [-0.39, 0.29) is 0 Å². The number of hydrogen-bond donors (Lipinski definition) is 0. The van der Waals surface area contributed by atoms with Crippen molar-refractivity contribution in [2.45, 2.75) is 20.0 Å². The molecule has 20 heavy (non-hydrogen) atoms. The first kappa shape index (κ1) is 14.8. The predicted octanol–water partition coefficient (Wildman–Crippen LogP) is 4.27. The molecular weight excluding hydrogens is 276 g/mol. The van der Waals surface area contributed by atoms with Crippen molar-refractivity contribution >= 4 is 11.6 Å². The molecule has 0 heterocycles. The Hall–Kier alpha value is -1.61. The van der Waals surface area contributed by atoms with Gasteiger partial charge in [0.2, 0.25) is 0 Å². The lowest BCUT2D eigenvalue weighted by molar-refractivity contribution is 0.205. The van der Waals surface area contributed by atoms with Crippen LogP contribution in [-0.2, 0) is 11.3 Å². The van der Waals surface area contributed by atoms with Crippen LogP contribution in [-0.4, -0.2) is 14.2 Å². The van der Waals surface area contributed by atoms with Gasteiger partial charge in [-0.3, -0.25) is 0 Å². The molecule has 0 saturated heterocycles. The molecule has 1 aromatic carbocycles. The molecule has 2 rings (SSSR count). The highest BCUT2D eigenvalue weighted by atomic mass is 35.5. The Morgan fingerprint density at radius 2 is 1.80 bits per heavy atom. The lowest BCUT2D eigenvalue weighted by Crippen LogP contribution is -2.02. The Labute approximate surface area is 124 Å². The molecule has 4 heteroatoms. The van der Waals surface area contributed by atoms with Gasteiger partial charge in [-0.25, -0.2) is 0 Å². The normalized spacial score (nSPS) is 18.1. The van der Waals surface area contributed by atoms with Crippen LogP contribution in [0.3, 0.4) is 0 Å². The largest absolute Gasteiger partial charge is 0.497 e. The van der Waals surface area contributed by atoms with Gasteiger partial charge in [0.1, 0.15) is 23.9 Å². The second-order valence-corrected chi connectivity index (χ2v) is 5.21. The van der Waals surface area contributed by atoms with Gasteiger partial charge in [0.25, 0.3) is 0 Å². The molecule has 1 atom stereocenters. The molecule has 0 N–H and O–H groups in total. The van der Waals surface area contributed by atoms with Crippen LogP contribution < -0.4 is 9.47 Å². The maximum absolute atomic E-state index is 6.18. The van der Waals surface area contributed by atoms with E-state index in [9.17, 15) is 0 Å². The summed E-state index contributed by atoms with van der Waals surface area (Å²) in [7, 11) is 3.26. The predicted molar refractivity (Wildman–Crippen MR) is 80.1 cm³/mol. The maximum Gasteiger partial charge on any atom is 0.134 e.